The molecule has 0 bridgehead atoms. The Morgan fingerprint density at radius 1 is 1.20 bits per heavy atom. The smallest absolute Gasteiger partial charge is 0.236 e. The van der Waals surface area contributed by atoms with Crippen molar-refractivity contribution in [1.82, 2.24) is 15.1 Å². The van der Waals surface area contributed by atoms with Gasteiger partial charge < -0.3 is 10.2 Å². The molecule has 1 aliphatic heterocycles. The van der Waals surface area contributed by atoms with Crippen LogP contribution in [-0.2, 0) is 4.79 Å². The zero-order chi connectivity index (χ0) is 15.1. The maximum Gasteiger partial charge on any atom is 0.236 e. The van der Waals surface area contributed by atoms with Gasteiger partial charge >= 0.3 is 0 Å². The van der Waals surface area contributed by atoms with E-state index >= 15 is 0 Å². The van der Waals surface area contributed by atoms with Gasteiger partial charge in [0, 0.05) is 25.7 Å². The molecule has 4 nitrogen and oxygen atoms in total. The molecule has 0 spiro atoms. The third-order valence-corrected chi connectivity index (χ3v) is 3.80. The van der Waals surface area contributed by atoms with Crippen molar-refractivity contribution in [2.24, 2.45) is 11.8 Å². The van der Waals surface area contributed by atoms with Gasteiger partial charge in [0.25, 0.3) is 0 Å². The van der Waals surface area contributed by atoms with Crippen LogP contribution in [0.2, 0.25) is 0 Å². The minimum Gasteiger partial charge on any atom is -0.341 e. The molecule has 1 aliphatic rings. The summed E-state index contributed by atoms with van der Waals surface area (Å²) in [4.78, 5) is 16.8. The predicted octanol–water partition coefficient (Wildman–Crippen LogP) is 1.81. The molecule has 0 saturated carbocycles. The van der Waals surface area contributed by atoms with E-state index in [-0.39, 0.29) is 5.91 Å². The second-order valence-electron chi connectivity index (χ2n) is 7.00. The number of nitrogens with zero attached hydrogens (tertiary/aromatic N) is 2. The third-order valence-electron chi connectivity index (χ3n) is 3.80. The predicted molar refractivity (Wildman–Crippen MR) is 84.8 cm³/mol. The number of nitrogens with one attached hydrogen (secondary N) is 1. The Kier molecular flexibility index (Phi) is 7.52. The number of piperidine rings is 1. The number of carbonyl (C=O) groups excluding carboxylic acids is 1. The van der Waals surface area contributed by atoms with E-state index in [1.807, 2.05) is 4.90 Å². The minimum atomic E-state index is 0.278. The van der Waals surface area contributed by atoms with Crippen molar-refractivity contribution in [2.45, 2.75) is 46.6 Å². The molecule has 1 atom stereocenters. The standard InChI is InChI=1S/C16H33N3O/c1-13(2)10-19(11-14(3)4)16(20)12-18(5)15-7-6-8-17-9-15/h13-15,17H,6-12H2,1-5H3. The molecule has 1 N–H and O–H groups in total. The third kappa shape index (κ3) is 6.23. The molecule has 118 valence electrons. The van der Waals surface area contributed by atoms with Gasteiger partial charge in [0.1, 0.15) is 0 Å². The SMILES string of the molecule is CC(C)CN(CC(C)C)C(=O)CN(C)C1CCCNC1. The zero-order valence-corrected chi connectivity index (χ0v) is 14.0. The summed E-state index contributed by atoms with van der Waals surface area (Å²) in [6.45, 7) is 13.1. The second-order valence-corrected chi connectivity index (χ2v) is 7.00. The van der Waals surface area contributed by atoms with Gasteiger partial charge in [-0.1, -0.05) is 27.7 Å². The van der Waals surface area contributed by atoms with Crippen molar-refractivity contribution in [3.05, 3.63) is 0 Å². The summed E-state index contributed by atoms with van der Waals surface area (Å²) < 4.78 is 0. The highest BCUT2D eigenvalue weighted by Gasteiger charge is 2.23. The Labute approximate surface area is 124 Å². The van der Waals surface area contributed by atoms with Gasteiger partial charge in [0.2, 0.25) is 5.91 Å². The van der Waals surface area contributed by atoms with Gasteiger partial charge in [-0.15, -0.1) is 0 Å². The fourth-order valence-electron chi connectivity index (χ4n) is 2.81. The molecule has 1 heterocycles. The van der Waals surface area contributed by atoms with E-state index in [2.05, 4.69) is 45.0 Å². The molecule has 1 amide bonds. The van der Waals surface area contributed by atoms with E-state index < -0.39 is 0 Å². The normalized spacial score (nSPS) is 19.9. The van der Waals surface area contributed by atoms with E-state index in [0.29, 0.717) is 24.4 Å². The van der Waals surface area contributed by atoms with Gasteiger partial charge in [-0.05, 0) is 38.3 Å². The van der Waals surface area contributed by atoms with Crippen LogP contribution in [0.25, 0.3) is 0 Å². The first-order valence-corrected chi connectivity index (χ1v) is 8.08. The lowest BCUT2D eigenvalue weighted by molar-refractivity contribution is -0.133. The average molecular weight is 283 g/mol. The fraction of sp³-hybridized carbons (Fsp3) is 0.938. The Hall–Kier alpha value is -0.610. The molecule has 1 rings (SSSR count). The van der Waals surface area contributed by atoms with Crippen molar-refractivity contribution < 1.29 is 4.79 Å². The largest absolute Gasteiger partial charge is 0.341 e. The van der Waals surface area contributed by atoms with E-state index in [9.17, 15) is 4.79 Å². The highest BCUT2D eigenvalue weighted by Crippen LogP contribution is 2.10. The molecule has 0 aliphatic carbocycles. The van der Waals surface area contributed by atoms with Crippen LogP contribution in [0, 0.1) is 11.8 Å². The van der Waals surface area contributed by atoms with Crippen LogP contribution in [0.4, 0.5) is 0 Å². The highest BCUT2D eigenvalue weighted by molar-refractivity contribution is 5.78. The molecular weight excluding hydrogens is 250 g/mol. The Morgan fingerprint density at radius 2 is 1.80 bits per heavy atom. The van der Waals surface area contributed by atoms with Crippen LogP contribution in [0.3, 0.4) is 0 Å². The quantitative estimate of drug-likeness (QED) is 0.774. The number of hydrogen-bond donors (Lipinski definition) is 1. The average Bonchev–Trinajstić information content (AvgIpc) is 2.37. The number of amides is 1. The number of hydrogen-bond acceptors (Lipinski definition) is 3. The molecule has 4 heteroatoms. The first-order valence-electron chi connectivity index (χ1n) is 8.08. The van der Waals surface area contributed by atoms with Crippen molar-refractivity contribution in [3.8, 4) is 0 Å². The van der Waals surface area contributed by atoms with Gasteiger partial charge in [0.15, 0.2) is 0 Å². The first kappa shape index (κ1) is 17.4. The molecule has 20 heavy (non-hydrogen) atoms. The summed E-state index contributed by atoms with van der Waals surface area (Å²) in [5, 5.41) is 3.42. The molecule has 0 radical (unpaired) electrons. The molecule has 1 saturated heterocycles. The monoisotopic (exact) mass is 283 g/mol. The summed E-state index contributed by atoms with van der Waals surface area (Å²) in [6, 6.07) is 0.507. The molecule has 0 aromatic carbocycles. The van der Waals surface area contributed by atoms with Crippen LogP contribution >= 0.6 is 0 Å². The van der Waals surface area contributed by atoms with Gasteiger partial charge in [-0.25, -0.2) is 0 Å². The summed E-state index contributed by atoms with van der Waals surface area (Å²) in [5.74, 6) is 1.33. The Balaban J connectivity index is 2.50. The highest BCUT2D eigenvalue weighted by atomic mass is 16.2. The topological polar surface area (TPSA) is 35.6 Å². The Bertz CT molecular complexity index is 275. The fourth-order valence-corrected chi connectivity index (χ4v) is 2.81. The minimum absolute atomic E-state index is 0.278. The molecule has 1 unspecified atom stereocenters. The maximum atomic E-state index is 12.5. The van der Waals surface area contributed by atoms with Crippen LogP contribution in [0.5, 0.6) is 0 Å². The van der Waals surface area contributed by atoms with E-state index in [1.54, 1.807) is 0 Å². The number of carbonyl (C=O) groups is 1. The molecule has 1 fully saturated rings. The van der Waals surface area contributed by atoms with Crippen LogP contribution in [-0.4, -0.2) is 61.5 Å². The van der Waals surface area contributed by atoms with Crippen LogP contribution in [0.15, 0.2) is 0 Å². The van der Waals surface area contributed by atoms with Gasteiger partial charge in [-0.2, -0.15) is 0 Å². The van der Waals surface area contributed by atoms with Crippen molar-refractivity contribution >= 4 is 5.91 Å². The summed E-state index contributed by atoms with van der Waals surface area (Å²) >= 11 is 0. The van der Waals surface area contributed by atoms with Crippen molar-refractivity contribution in [1.29, 1.82) is 0 Å². The maximum absolute atomic E-state index is 12.5. The van der Waals surface area contributed by atoms with Crippen molar-refractivity contribution in [2.75, 3.05) is 39.8 Å². The number of likely N-dealkylation sites (N-methyl/N-ethyl adjacent to an activating group) is 1. The molecule has 0 aromatic rings. The summed E-state index contributed by atoms with van der Waals surface area (Å²) in [5.41, 5.74) is 0. The molecule has 0 aromatic heterocycles. The first-order chi connectivity index (χ1) is 9.40. The molecular formula is C16H33N3O. The van der Waals surface area contributed by atoms with E-state index in [1.165, 1.54) is 12.8 Å². The summed E-state index contributed by atoms with van der Waals surface area (Å²) in [6.07, 6.45) is 2.41. The lowest BCUT2D eigenvalue weighted by atomic mass is 10.1. The Morgan fingerprint density at radius 3 is 2.25 bits per heavy atom. The van der Waals surface area contributed by atoms with Crippen LogP contribution < -0.4 is 5.32 Å². The lowest BCUT2D eigenvalue weighted by Crippen LogP contribution is -2.49. The summed E-state index contributed by atoms with van der Waals surface area (Å²) in [7, 11) is 2.08. The van der Waals surface area contributed by atoms with Crippen molar-refractivity contribution in [3.63, 3.8) is 0 Å². The van der Waals surface area contributed by atoms with Crippen LogP contribution in [0.1, 0.15) is 40.5 Å². The second kappa shape index (κ2) is 8.63. The zero-order valence-electron chi connectivity index (χ0n) is 14.0. The van der Waals surface area contributed by atoms with E-state index in [4.69, 9.17) is 0 Å². The van der Waals surface area contributed by atoms with E-state index in [0.717, 1.165) is 26.2 Å². The van der Waals surface area contributed by atoms with Gasteiger partial charge in [0.05, 0.1) is 6.54 Å². The number of rotatable bonds is 7. The van der Waals surface area contributed by atoms with Gasteiger partial charge in [-0.3, -0.25) is 9.69 Å². The lowest BCUT2D eigenvalue weighted by Gasteiger charge is -2.34.